The highest BCUT2D eigenvalue weighted by Gasteiger charge is 2.25. The fraction of sp³-hybridized carbons (Fsp3) is 0.333. The Hall–Kier alpha value is -2.32. The van der Waals surface area contributed by atoms with Crippen LogP contribution in [0.4, 0.5) is 26.3 Å². The van der Waals surface area contributed by atoms with E-state index >= 15 is 0 Å². The van der Waals surface area contributed by atoms with Crippen molar-refractivity contribution in [2.24, 2.45) is 5.92 Å². The van der Waals surface area contributed by atoms with Crippen LogP contribution in [0.15, 0.2) is 30.3 Å². The van der Waals surface area contributed by atoms with Crippen LogP contribution in [0.2, 0.25) is 0 Å². The summed E-state index contributed by atoms with van der Waals surface area (Å²) in [6.07, 6.45) is -0.991. The molecule has 0 saturated carbocycles. The third-order valence-corrected chi connectivity index (χ3v) is 4.96. The first kappa shape index (κ1) is 21.4. The maximum absolute atomic E-state index is 14.6. The molecule has 29 heavy (non-hydrogen) atoms. The molecular weight excluding hydrogens is 398 g/mol. The number of aliphatic hydroxyl groups excluding tert-OH is 1. The highest BCUT2D eigenvalue weighted by Crippen LogP contribution is 2.36. The smallest absolute Gasteiger partial charge is 0.271 e. The molecule has 1 aliphatic rings. The fourth-order valence-electron chi connectivity index (χ4n) is 3.51. The molecule has 0 radical (unpaired) electrons. The second-order valence-corrected chi connectivity index (χ2v) is 6.92. The number of hydrogen-bond donors (Lipinski definition) is 1. The van der Waals surface area contributed by atoms with E-state index in [4.69, 9.17) is 9.84 Å². The summed E-state index contributed by atoms with van der Waals surface area (Å²) < 4.78 is 87.5. The minimum atomic E-state index is -2.30. The summed E-state index contributed by atoms with van der Waals surface area (Å²) in [5, 5.41) is 8.96. The lowest BCUT2D eigenvalue weighted by molar-refractivity contribution is -0.0231. The van der Waals surface area contributed by atoms with E-state index in [1.165, 1.54) is 0 Å². The zero-order valence-corrected chi connectivity index (χ0v) is 15.2. The lowest BCUT2D eigenvalue weighted by Gasteiger charge is -2.29. The predicted octanol–water partition coefficient (Wildman–Crippen LogP) is 6.00. The van der Waals surface area contributed by atoms with Crippen molar-refractivity contribution in [1.29, 1.82) is 0 Å². The third kappa shape index (κ3) is 4.82. The van der Waals surface area contributed by atoms with Gasteiger partial charge in [-0.15, -0.1) is 0 Å². The molecule has 2 aromatic rings. The van der Waals surface area contributed by atoms with E-state index in [2.05, 4.69) is 0 Å². The van der Waals surface area contributed by atoms with Gasteiger partial charge in [-0.2, -0.15) is 8.78 Å². The molecular formula is C21H18F6O2. The van der Waals surface area contributed by atoms with Crippen LogP contribution in [0, 0.1) is 29.2 Å². The van der Waals surface area contributed by atoms with E-state index in [1.54, 1.807) is 0 Å². The Kier molecular flexibility index (Phi) is 6.64. The molecule has 0 amide bonds. The van der Waals surface area contributed by atoms with Crippen LogP contribution < -0.4 is 0 Å². The van der Waals surface area contributed by atoms with Crippen molar-refractivity contribution in [1.82, 2.24) is 0 Å². The van der Waals surface area contributed by atoms with Gasteiger partial charge in [-0.1, -0.05) is 0 Å². The predicted molar refractivity (Wildman–Crippen MR) is 95.0 cm³/mol. The van der Waals surface area contributed by atoms with Gasteiger partial charge in [0.2, 0.25) is 0 Å². The van der Waals surface area contributed by atoms with Crippen LogP contribution in [-0.4, -0.2) is 18.3 Å². The van der Waals surface area contributed by atoms with Gasteiger partial charge in [-0.05, 0) is 60.6 Å². The van der Waals surface area contributed by atoms with Crippen molar-refractivity contribution in [3.05, 3.63) is 64.7 Å². The van der Waals surface area contributed by atoms with Crippen LogP contribution in [0.1, 0.15) is 36.5 Å². The maximum Gasteiger partial charge on any atom is 0.271 e. The van der Waals surface area contributed by atoms with E-state index in [1.807, 2.05) is 0 Å². The molecule has 1 saturated heterocycles. The van der Waals surface area contributed by atoms with Gasteiger partial charge in [0, 0.05) is 12.7 Å². The minimum Gasteiger partial charge on any atom is -0.396 e. The summed E-state index contributed by atoms with van der Waals surface area (Å²) >= 11 is 0. The van der Waals surface area contributed by atoms with Crippen LogP contribution in [0.25, 0.3) is 17.2 Å². The van der Waals surface area contributed by atoms with E-state index in [0.29, 0.717) is 31.6 Å². The highest BCUT2D eigenvalue weighted by atomic mass is 19.3. The van der Waals surface area contributed by atoms with Gasteiger partial charge >= 0.3 is 0 Å². The highest BCUT2D eigenvalue weighted by molar-refractivity contribution is 5.68. The zero-order valence-electron chi connectivity index (χ0n) is 15.2. The van der Waals surface area contributed by atoms with Gasteiger partial charge in [0.25, 0.3) is 6.08 Å². The number of hydrogen-bond acceptors (Lipinski definition) is 2. The van der Waals surface area contributed by atoms with Crippen molar-refractivity contribution in [3.8, 4) is 11.1 Å². The fourth-order valence-corrected chi connectivity index (χ4v) is 3.51. The van der Waals surface area contributed by atoms with Crippen molar-refractivity contribution in [2.75, 3.05) is 13.2 Å². The Labute approximate surface area is 163 Å². The molecule has 2 aromatic carbocycles. The van der Waals surface area contributed by atoms with Crippen molar-refractivity contribution in [2.45, 2.75) is 25.4 Å². The van der Waals surface area contributed by atoms with E-state index < -0.39 is 52.1 Å². The van der Waals surface area contributed by atoms with Gasteiger partial charge < -0.3 is 9.84 Å². The molecule has 1 heterocycles. The van der Waals surface area contributed by atoms with Gasteiger partial charge in [0.05, 0.1) is 23.8 Å². The molecule has 2 unspecified atom stereocenters. The van der Waals surface area contributed by atoms with Gasteiger partial charge in [0.15, 0.2) is 0 Å². The third-order valence-electron chi connectivity index (χ3n) is 4.96. The molecule has 0 aromatic heterocycles. The van der Waals surface area contributed by atoms with Crippen molar-refractivity contribution < 1.29 is 36.2 Å². The summed E-state index contributed by atoms with van der Waals surface area (Å²) in [7, 11) is 0. The molecule has 0 aliphatic carbocycles. The Balaban J connectivity index is 1.90. The Morgan fingerprint density at radius 3 is 2.07 bits per heavy atom. The Bertz CT molecular complexity index is 869. The summed E-state index contributed by atoms with van der Waals surface area (Å²) in [6, 6.07) is 3.30. The standard InChI is InChI=1S/C21H18F6O2/c22-15-7-13(8-16(23)14(15)9-20(26)27)21-17(24)5-12(6-18(21)25)19-2-1-11(3-4-28)10-29-19/h5-9,11,19,28H,1-4,10H2. The molecule has 156 valence electrons. The molecule has 1 N–H and O–H groups in total. The number of halogens is 6. The number of rotatable bonds is 5. The number of ether oxygens (including phenoxy) is 1. The Morgan fingerprint density at radius 2 is 1.59 bits per heavy atom. The largest absolute Gasteiger partial charge is 0.396 e. The topological polar surface area (TPSA) is 29.5 Å². The first-order chi connectivity index (χ1) is 13.8. The maximum atomic E-state index is 14.6. The lowest BCUT2D eigenvalue weighted by atomic mass is 9.91. The van der Waals surface area contributed by atoms with Crippen LogP contribution >= 0.6 is 0 Å². The van der Waals surface area contributed by atoms with Crippen LogP contribution in [-0.2, 0) is 4.74 Å². The second kappa shape index (κ2) is 9.00. The van der Waals surface area contributed by atoms with Crippen LogP contribution in [0.5, 0.6) is 0 Å². The normalized spacial score (nSPS) is 19.3. The molecule has 0 bridgehead atoms. The van der Waals surface area contributed by atoms with Crippen LogP contribution in [0.3, 0.4) is 0 Å². The molecule has 2 atom stereocenters. The molecule has 8 heteroatoms. The van der Waals surface area contributed by atoms with E-state index in [0.717, 1.165) is 18.6 Å². The monoisotopic (exact) mass is 416 g/mol. The zero-order chi connectivity index (χ0) is 21.1. The summed E-state index contributed by atoms with van der Waals surface area (Å²) in [4.78, 5) is 0. The average molecular weight is 416 g/mol. The quantitative estimate of drug-likeness (QED) is 0.606. The summed E-state index contributed by atoms with van der Waals surface area (Å²) in [6.45, 7) is 0.392. The first-order valence-electron chi connectivity index (χ1n) is 9.03. The van der Waals surface area contributed by atoms with Gasteiger partial charge in [-0.3, -0.25) is 0 Å². The Morgan fingerprint density at radius 1 is 0.966 bits per heavy atom. The molecule has 2 nitrogen and oxygen atoms in total. The number of benzene rings is 2. The number of aliphatic hydroxyl groups is 1. The van der Waals surface area contributed by atoms with E-state index in [-0.39, 0.29) is 24.2 Å². The SMILES string of the molecule is OCCC1CCC(c2cc(F)c(-c3cc(F)c(C=C(F)F)c(F)c3)c(F)c2)OC1. The van der Waals surface area contributed by atoms with Crippen molar-refractivity contribution in [3.63, 3.8) is 0 Å². The van der Waals surface area contributed by atoms with Gasteiger partial charge in [0.1, 0.15) is 23.3 Å². The van der Waals surface area contributed by atoms with E-state index in [9.17, 15) is 26.3 Å². The van der Waals surface area contributed by atoms with Crippen molar-refractivity contribution >= 4 is 6.08 Å². The minimum absolute atomic E-state index is 0.00866. The lowest BCUT2D eigenvalue weighted by Crippen LogP contribution is -2.21. The summed E-state index contributed by atoms with van der Waals surface area (Å²) in [5.74, 6) is -4.62. The second-order valence-electron chi connectivity index (χ2n) is 6.92. The molecule has 0 spiro atoms. The van der Waals surface area contributed by atoms with Gasteiger partial charge in [-0.25, -0.2) is 17.6 Å². The summed E-state index contributed by atoms with van der Waals surface area (Å²) in [5.41, 5.74) is -1.83. The molecule has 1 aliphatic heterocycles. The first-order valence-corrected chi connectivity index (χ1v) is 9.03. The average Bonchev–Trinajstić information content (AvgIpc) is 2.65. The molecule has 3 rings (SSSR count). The molecule has 1 fully saturated rings.